The first kappa shape index (κ1) is 13.9. The van der Waals surface area contributed by atoms with Crippen molar-refractivity contribution < 1.29 is 9.53 Å². The molecule has 1 N–H and O–H groups in total. The molecule has 1 amide bonds. The minimum absolute atomic E-state index is 0.0406. The summed E-state index contributed by atoms with van der Waals surface area (Å²) in [5.41, 5.74) is 8.83. The summed E-state index contributed by atoms with van der Waals surface area (Å²) < 4.78 is 5.02. The number of methoxy groups -OCH3 is 1. The molecule has 0 aliphatic carbocycles. The highest BCUT2D eigenvalue weighted by Crippen LogP contribution is 2.15. The van der Waals surface area contributed by atoms with Gasteiger partial charge < -0.3 is 10.1 Å². The number of carbonyl (C=O) groups excluding carboxylic acids is 1. The Morgan fingerprint density at radius 3 is 2.72 bits per heavy atom. The van der Waals surface area contributed by atoms with E-state index in [0.717, 1.165) is 17.9 Å². The predicted molar refractivity (Wildman–Crippen MR) is 69.5 cm³/mol. The molecular weight excluding hydrogens is 232 g/mol. The molecule has 0 aliphatic heterocycles. The van der Waals surface area contributed by atoms with Gasteiger partial charge in [-0.2, -0.15) is 0 Å². The summed E-state index contributed by atoms with van der Waals surface area (Å²) in [6.07, 6.45) is 1.86. The number of nitrogens with zero attached hydrogens (tertiary/aromatic N) is 3. The third-order valence-corrected chi connectivity index (χ3v) is 2.35. The van der Waals surface area contributed by atoms with Crippen LogP contribution in [0.2, 0.25) is 0 Å². The zero-order valence-corrected chi connectivity index (χ0v) is 10.3. The van der Waals surface area contributed by atoms with E-state index in [-0.39, 0.29) is 5.91 Å². The Labute approximate surface area is 106 Å². The summed E-state index contributed by atoms with van der Waals surface area (Å²) in [4.78, 5) is 14.2. The van der Waals surface area contributed by atoms with Crippen LogP contribution in [0.15, 0.2) is 29.4 Å². The Hall–Kier alpha value is -2.20. The first-order chi connectivity index (χ1) is 8.76. The van der Waals surface area contributed by atoms with Gasteiger partial charge in [0.1, 0.15) is 5.75 Å². The van der Waals surface area contributed by atoms with Gasteiger partial charge in [0.05, 0.1) is 7.11 Å². The number of hydrogen-bond donors (Lipinski definition) is 1. The molecule has 0 spiro atoms. The molecule has 0 aliphatic rings. The molecule has 1 rings (SSSR count). The number of amides is 1. The van der Waals surface area contributed by atoms with Crippen LogP contribution < -0.4 is 10.1 Å². The highest BCUT2D eigenvalue weighted by molar-refractivity contribution is 5.90. The number of hydrogen-bond acceptors (Lipinski definition) is 3. The van der Waals surface area contributed by atoms with Crippen molar-refractivity contribution >= 4 is 11.6 Å². The lowest BCUT2D eigenvalue weighted by molar-refractivity contribution is -0.116. The zero-order chi connectivity index (χ0) is 13.2. The van der Waals surface area contributed by atoms with E-state index in [4.69, 9.17) is 10.3 Å². The molecule has 18 heavy (non-hydrogen) atoms. The number of ether oxygens (including phenoxy) is 1. The average Bonchev–Trinajstić information content (AvgIpc) is 2.39. The van der Waals surface area contributed by atoms with Gasteiger partial charge in [0.2, 0.25) is 5.91 Å². The van der Waals surface area contributed by atoms with E-state index in [1.807, 2.05) is 0 Å². The van der Waals surface area contributed by atoms with Gasteiger partial charge in [0.25, 0.3) is 0 Å². The zero-order valence-electron chi connectivity index (χ0n) is 10.3. The van der Waals surface area contributed by atoms with Crippen LogP contribution in [-0.4, -0.2) is 19.6 Å². The molecular formula is C12H16N4O2. The highest BCUT2D eigenvalue weighted by atomic mass is 16.5. The minimum Gasteiger partial charge on any atom is -0.497 e. The molecule has 0 heterocycles. The van der Waals surface area contributed by atoms with E-state index in [0.29, 0.717) is 19.4 Å². The Kier molecular flexibility index (Phi) is 6.14. The van der Waals surface area contributed by atoms with Gasteiger partial charge in [-0.05, 0) is 42.6 Å². The van der Waals surface area contributed by atoms with Gasteiger partial charge in [-0.15, -0.1) is 0 Å². The van der Waals surface area contributed by atoms with E-state index in [2.05, 4.69) is 15.3 Å². The van der Waals surface area contributed by atoms with E-state index in [1.54, 1.807) is 31.4 Å². The molecule has 0 unspecified atom stereocenters. The molecule has 0 fully saturated rings. The van der Waals surface area contributed by atoms with E-state index >= 15 is 0 Å². The van der Waals surface area contributed by atoms with Crippen LogP contribution in [0.25, 0.3) is 10.4 Å². The molecule has 1 aromatic rings. The van der Waals surface area contributed by atoms with Gasteiger partial charge in [0, 0.05) is 23.6 Å². The molecule has 0 aromatic heterocycles. The van der Waals surface area contributed by atoms with Crippen molar-refractivity contribution in [2.24, 2.45) is 5.11 Å². The van der Waals surface area contributed by atoms with Gasteiger partial charge in [-0.3, -0.25) is 4.79 Å². The highest BCUT2D eigenvalue weighted by Gasteiger charge is 2.02. The van der Waals surface area contributed by atoms with Crippen molar-refractivity contribution in [1.82, 2.24) is 0 Å². The second kappa shape index (κ2) is 7.97. The normalized spacial score (nSPS) is 9.39. The summed E-state index contributed by atoms with van der Waals surface area (Å²) in [6.45, 7) is 0.437. The Morgan fingerprint density at radius 1 is 1.39 bits per heavy atom. The first-order valence-electron chi connectivity index (χ1n) is 5.71. The van der Waals surface area contributed by atoms with Crippen molar-refractivity contribution in [2.75, 3.05) is 19.0 Å². The molecule has 96 valence electrons. The fourth-order valence-electron chi connectivity index (χ4n) is 1.41. The van der Waals surface area contributed by atoms with Crippen molar-refractivity contribution in [1.29, 1.82) is 0 Å². The predicted octanol–water partition coefficient (Wildman–Crippen LogP) is 3.11. The number of nitrogens with one attached hydrogen (secondary N) is 1. The van der Waals surface area contributed by atoms with E-state index in [9.17, 15) is 4.79 Å². The third-order valence-electron chi connectivity index (χ3n) is 2.35. The fourth-order valence-corrected chi connectivity index (χ4v) is 1.41. The van der Waals surface area contributed by atoms with Gasteiger partial charge >= 0.3 is 0 Å². The second-order valence-electron chi connectivity index (χ2n) is 3.69. The van der Waals surface area contributed by atoms with Gasteiger partial charge in [-0.1, -0.05) is 5.11 Å². The molecule has 0 saturated carbocycles. The maximum Gasteiger partial charge on any atom is 0.224 e. The lowest BCUT2D eigenvalue weighted by Crippen LogP contribution is -2.11. The SMILES string of the molecule is COc1ccc(NC(=O)CCCCN=[N+]=[N-])cc1. The monoisotopic (exact) mass is 248 g/mol. The van der Waals surface area contributed by atoms with E-state index in [1.165, 1.54) is 0 Å². The number of rotatable bonds is 7. The number of anilines is 1. The summed E-state index contributed by atoms with van der Waals surface area (Å²) in [5.74, 6) is 0.712. The largest absolute Gasteiger partial charge is 0.497 e. The maximum absolute atomic E-state index is 11.6. The number of azide groups is 1. The number of benzene rings is 1. The second-order valence-corrected chi connectivity index (χ2v) is 3.69. The molecule has 6 nitrogen and oxygen atoms in total. The smallest absolute Gasteiger partial charge is 0.224 e. The lowest BCUT2D eigenvalue weighted by atomic mass is 10.2. The van der Waals surface area contributed by atoms with Crippen LogP contribution in [0.1, 0.15) is 19.3 Å². The quantitative estimate of drug-likeness (QED) is 0.348. The van der Waals surface area contributed by atoms with Crippen LogP contribution in [0.4, 0.5) is 5.69 Å². The maximum atomic E-state index is 11.6. The van der Waals surface area contributed by atoms with Crippen LogP contribution in [0.3, 0.4) is 0 Å². The van der Waals surface area contributed by atoms with Crippen molar-refractivity contribution in [3.05, 3.63) is 34.7 Å². The molecule has 0 bridgehead atoms. The van der Waals surface area contributed by atoms with Crippen LogP contribution in [0.5, 0.6) is 5.75 Å². The molecule has 1 aromatic carbocycles. The lowest BCUT2D eigenvalue weighted by Gasteiger charge is -2.05. The van der Waals surface area contributed by atoms with E-state index < -0.39 is 0 Å². The van der Waals surface area contributed by atoms with Gasteiger partial charge in [-0.25, -0.2) is 0 Å². The molecule has 0 radical (unpaired) electrons. The molecule has 6 heteroatoms. The Balaban J connectivity index is 2.28. The summed E-state index contributed by atoms with van der Waals surface area (Å²) >= 11 is 0. The van der Waals surface area contributed by atoms with Crippen LogP contribution >= 0.6 is 0 Å². The van der Waals surface area contributed by atoms with Crippen molar-refractivity contribution in [3.8, 4) is 5.75 Å². The standard InChI is InChI=1S/C12H16N4O2/c1-18-11-7-5-10(6-8-11)15-12(17)4-2-3-9-14-16-13/h5-8H,2-4,9H2,1H3,(H,15,17). The van der Waals surface area contributed by atoms with Crippen LogP contribution in [0, 0.1) is 0 Å². The third kappa shape index (κ3) is 5.23. The summed E-state index contributed by atoms with van der Waals surface area (Å²) in [5, 5.41) is 6.19. The van der Waals surface area contributed by atoms with Crippen molar-refractivity contribution in [3.63, 3.8) is 0 Å². The topological polar surface area (TPSA) is 87.1 Å². The molecule has 0 atom stereocenters. The minimum atomic E-state index is -0.0406. The average molecular weight is 248 g/mol. The Bertz CT molecular complexity index is 424. The summed E-state index contributed by atoms with van der Waals surface area (Å²) in [6, 6.07) is 7.15. The Morgan fingerprint density at radius 2 is 2.11 bits per heavy atom. The van der Waals surface area contributed by atoms with Crippen LogP contribution in [-0.2, 0) is 4.79 Å². The molecule has 0 saturated heterocycles. The van der Waals surface area contributed by atoms with Crippen molar-refractivity contribution in [2.45, 2.75) is 19.3 Å². The number of carbonyl (C=O) groups is 1. The fraction of sp³-hybridized carbons (Fsp3) is 0.417. The first-order valence-corrected chi connectivity index (χ1v) is 5.71. The number of unbranched alkanes of at least 4 members (excludes halogenated alkanes) is 1. The van der Waals surface area contributed by atoms with Gasteiger partial charge in [0.15, 0.2) is 0 Å². The summed E-state index contributed by atoms with van der Waals surface area (Å²) in [7, 11) is 1.59.